The number of hydrogen-bond donors (Lipinski definition) is 2. The van der Waals surface area contributed by atoms with Crippen LogP contribution in [0, 0.1) is 0 Å². The molecule has 1 aliphatic heterocycles. The van der Waals surface area contributed by atoms with E-state index in [0.29, 0.717) is 17.3 Å². The van der Waals surface area contributed by atoms with Gasteiger partial charge in [0.25, 0.3) is 5.56 Å². The molecule has 0 radical (unpaired) electrons. The molecule has 0 saturated carbocycles. The van der Waals surface area contributed by atoms with E-state index >= 15 is 0 Å². The average Bonchev–Trinajstić information content (AvgIpc) is 2.81. The Balaban J connectivity index is 0.00000133. The fraction of sp³-hybridized carbons (Fsp3) is 0.500. The van der Waals surface area contributed by atoms with Crippen molar-refractivity contribution in [2.45, 2.75) is 25.4 Å². The second-order valence-corrected chi connectivity index (χ2v) is 5.68. The average molecular weight is 301 g/mol. The third-order valence-electron chi connectivity index (χ3n) is 3.37. The molecule has 1 saturated heterocycles. The van der Waals surface area contributed by atoms with E-state index in [2.05, 4.69) is 14.9 Å². The molecule has 3 heterocycles. The van der Waals surface area contributed by atoms with Crippen LogP contribution in [0.5, 0.6) is 0 Å². The van der Waals surface area contributed by atoms with Crippen LogP contribution in [0.3, 0.4) is 0 Å². The second kappa shape index (κ2) is 6.00. The smallest absolute Gasteiger partial charge is 0.268 e. The molecule has 19 heavy (non-hydrogen) atoms. The zero-order chi connectivity index (χ0) is 12.5. The van der Waals surface area contributed by atoms with E-state index < -0.39 is 0 Å². The molecule has 3 rings (SSSR count). The summed E-state index contributed by atoms with van der Waals surface area (Å²) >= 11 is 1.43. The molecular formula is C12H17ClN4OS. The quantitative estimate of drug-likeness (QED) is 0.877. The third kappa shape index (κ3) is 3.14. The molecule has 104 valence electrons. The van der Waals surface area contributed by atoms with E-state index in [0.717, 1.165) is 37.3 Å². The topological polar surface area (TPSA) is 75.0 Å². The summed E-state index contributed by atoms with van der Waals surface area (Å²) in [6, 6.07) is 2.22. The largest absolute Gasteiger partial charge is 0.328 e. The number of rotatable bonds is 2. The SMILES string of the molecule is Cl.NC1CCN(Cc2nc3ccsc3c(=O)[nH]2)CC1. The van der Waals surface area contributed by atoms with Gasteiger partial charge in [-0.1, -0.05) is 0 Å². The number of nitrogens with zero attached hydrogens (tertiary/aromatic N) is 2. The minimum absolute atomic E-state index is 0. The van der Waals surface area contributed by atoms with Crippen LogP contribution in [0.2, 0.25) is 0 Å². The minimum atomic E-state index is -0.0290. The normalized spacial score (nSPS) is 17.5. The van der Waals surface area contributed by atoms with Crippen LogP contribution in [0.4, 0.5) is 0 Å². The van der Waals surface area contributed by atoms with Crippen molar-refractivity contribution in [2.24, 2.45) is 5.73 Å². The van der Waals surface area contributed by atoms with Crippen LogP contribution in [-0.2, 0) is 6.54 Å². The lowest BCUT2D eigenvalue weighted by Gasteiger charge is -2.29. The fourth-order valence-electron chi connectivity index (χ4n) is 2.32. The lowest BCUT2D eigenvalue weighted by Crippen LogP contribution is -2.39. The van der Waals surface area contributed by atoms with Gasteiger partial charge in [-0.05, 0) is 24.3 Å². The number of fused-ring (bicyclic) bond motifs is 1. The highest BCUT2D eigenvalue weighted by Crippen LogP contribution is 2.15. The van der Waals surface area contributed by atoms with E-state index in [9.17, 15) is 4.79 Å². The summed E-state index contributed by atoms with van der Waals surface area (Å²) in [5.74, 6) is 0.751. The maximum absolute atomic E-state index is 11.8. The van der Waals surface area contributed by atoms with E-state index in [1.165, 1.54) is 11.3 Å². The predicted molar refractivity (Wildman–Crippen MR) is 80.0 cm³/mol. The summed E-state index contributed by atoms with van der Waals surface area (Å²) in [5, 5.41) is 1.90. The van der Waals surface area contributed by atoms with Gasteiger partial charge in [-0.25, -0.2) is 4.98 Å². The fourth-order valence-corrected chi connectivity index (χ4v) is 3.04. The van der Waals surface area contributed by atoms with Crippen LogP contribution in [-0.4, -0.2) is 34.0 Å². The molecule has 2 aromatic heterocycles. The zero-order valence-corrected chi connectivity index (χ0v) is 12.1. The Morgan fingerprint density at radius 3 is 2.95 bits per heavy atom. The molecular weight excluding hydrogens is 284 g/mol. The van der Waals surface area contributed by atoms with Crippen molar-refractivity contribution < 1.29 is 0 Å². The lowest BCUT2D eigenvalue weighted by atomic mass is 10.1. The van der Waals surface area contributed by atoms with Crippen LogP contribution in [0.25, 0.3) is 10.2 Å². The molecule has 3 N–H and O–H groups in total. The van der Waals surface area contributed by atoms with E-state index in [-0.39, 0.29) is 18.0 Å². The van der Waals surface area contributed by atoms with Gasteiger partial charge >= 0.3 is 0 Å². The molecule has 5 nitrogen and oxygen atoms in total. The van der Waals surface area contributed by atoms with Crippen molar-refractivity contribution in [3.05, 3.63) is 27.6 Å². The maximum atomic E-state index is 11.8. The number of nitrogens with two attached hydrogens (primary N) is 1. The van der Waals surface area contributed by atoms with Crippen LogP contribution in [0.15, 0.2) is 16.2 Å². The minimum Gasteiger partial charge on any atom is -0.328 e. The predicted octanol–water partition coefficient (Wildman–Crippen LogP) is 1.33. The van der Waals surface area contributed by atoms with Crippen molar-refractivity contribution in [1.82, 2.24) is 14.9 Å². The Morgan fingerprint density at radius 2 is 2.21 bits per heavy atom. The van der Waals surface area contributed by atoms with Gasteiger partial charge in [-0.2, -0.15) is 0 Å². The third-order valence-corrected chi connectivity index (χ3v) is 4.27. The number of aromatic nitrogens is 2. The number of hydrogen-bond acceptors (Lipinski definition) is 5. The lowest BCUT2D eigenvalue weighted by molar-refractivity contribution is 0.201. The molecule has 0 spiro atoms. The summed E-state index contributed by atoms with van der Waals surface area (Å²) in [6.07, 6.45) is 2.04. The summed E-state index contributed by atoms with van der Waals surface area (Å²) < 4.78 is 0.708. The highest BCUT2D eigenvalue weighted by atomic mass is 35.5. The van der Waals surface area contributed by atoms with E-state index in [4.69, 9.17) is 5.73 Å². The number of halogens is 1. The number of likely N-dealkylation sites (tertiary alicyclic amines) is 1. The van der Waals surface area contributed by atoms with Crippen molar-refractivity contribution in [3.63, 3.8) is 0 Å². The molecule has 0 atom stereocenters. The van der Waals surface area contributed by atoms with Crippen molar-refractivity contribution in [1.29, 1.82) is 0 Å². The van der Waals surface area contributed by atoms with Gasteiger partial charge in [-0.3, -0.25) is 9.69 Å². The first-order valence-electron chi connectivity index (χ1n) is 6.17. The molecule has 1 fully saturated rings. The second-order valence-electron chi connectivity index (χ2n) is 4.76. The molecule has 1 aliphatic rings. The van der Waals surface area contributed by atoms with Gasteiger partial charge in [0.05, 0.1) is 12.1 Å². The molecule has 0 aliphatic carbocycles. The Hall–Kier alpha value is -0.950. The molecule has 2 aromatic rings. The molecule has 0 unspecified atom stereocenters. The number of aromatic amines is 1. The molecule has 0 aromatic carbocycles. The maximum Gasteiger partial charge on any atom is 0.268 e. The summed E-state index contributed by atoms with van der Waals surface area (Å²) in [4.78, 5) is 21.5. The van der Waals surface area contributed by atoms with Crippen LogP contribution < -0.4 is 11.3 Å². The first kappa shape index (κ1) is 14.5. The van der Waals surface area contributed by atoms with Crippen LogP contribution in [0.1, 0.15) is 18.7 Å². The van der Waals surface area contributed by atoms with Gasteiger partial charge in [0.2, 0.25) is 0 Å². The van der Waals surface area contributed by atoms with Gasteiger partial charge < -0.3 is 10.7 Å². The zero-order valence-electron chi connectivity index (χ0n) is 10.5. The van der Waals surface area contributed by atoms with Gasteiger partial charge in [0.1, 0.15) is 10.5 Å². The summed E-state index contributed by atoms with van der Waals surface area (Å²) in [7, 11) is 0. The summed E-state index contributed by atoms with van der Waals surface area (Å²) in [6.45, 7) is 2.66. The number of nitrogens with one attached hydrogen (secondary N) is 1. The monoisotopic (exact) mass is 300 g/mol. The number of piperidine rings is 1. The number of thiophene rings is 1. The van der Waals surface area contributed by atoms with Gasteiger partial charge in [0, 0.05) is 19.1 Å². The first-order chi connectivity index (χ1) is 8.72. The standard InChI is InChI=1S/C12H16N4OS.ClH/c13-8-1-4-16(5-2-8)7-10-14-9-3-6-18-11(9)12(17)15-10;/h3,6,8H,1-2,4-5,7,13H2,(H,14,15,17);1H. The first-order valence-corrected chi connectivity index (χ1v) is 7.04. The van der Waals surface area contributed by atoms with Crippen LogP contribution >= 0.6 is 23.7 Å². The van der Waals surface area contributed by atoms with Gasteiger partial charge in [0.15, 0.2) is 0 Å². The molecule has 0 amide bonds. The Morgan fingerprint density at radius 1 is 1.47 bits per heavy atom. The van der Waals surface area contributed by atoms with E-state index in [1.54, 1.807) is 0 Å². The highest BCUT2D eigenvalue weighted by Gasteiger charge is 2.17. The molecule has 0 bridgehead atoms. The van der Waals surface area contributed by atoms with E-state index in [1.807, 2.05) is 11.4 Å². The Labute approximate surface area is 121 Å². The Bertz CT molecular complexity index is 603. The number of H-pyrrole nitrogens is 1. The van der Waals surface area contributed by atoms with Gasteiger partial charge in [-0.15, -0.1) is 23.7 Å². The highest BCUT2D eigenvalue weighted by molar-refractivity contribution is 7.17. The summed E-state index contributed by atoms with van der Waals surface area (Å²) in [5.41, 5.74) is 6.65. The Kier molecular flexibility index (Phi) is 4.57. The van der Waals surface area contributed by atoms with Crippen molar-refractivity contribution in [3.8, 4) is 0 Å². The molecule has 7 heteroatoms. The van der Waals surface area contributed by atoms with Crippen molar-refractivity contribution in [2.75, 3.05) is 13.1 Å². The van der Waals surface area contributed by atoms with Crippen molar-refractivity contribution >= 4 is 34.0 Å².